The minimum atomic E-state index is 0.0771. The van der Waals surface area contributed by atoms with Crippen molar-refractivity contribution < 1.29 is 4.79 Å². The molecule has 2 aromatic heterocycles. The third-order valence-electron chi connectivity index (χ3n) is 4.79. The maximum absolute atomic E-state index is 12.5. The van der Waals surface area contributed by atoms with Crippen molar-refractivity contribution in [2.75, 3.05) is 13.1 Å². The molecule has 0 aromatic carbocycles. The summed E-state index contributed by atoms with van der Waals surface area (Å²) < 4.78 is 0. The number of H-pyrrole nitrogens is 1. The van der Waals surface area contributed by atoms with Gasteiger partial charge < -0.3 is 4.90 Å². The minimum absolute atomic E-state index is 0.0771. The third kappa shape index (κ3) is 2.29. The highest BCUT2D eigenvalue weighted by Gasteiger charge is 2.44. The van der Waals surface area contributed by atoms with Crippen molar-refractivity contribution in [3.8, 4) is 0 Å². The molecule has 0 unspecified atom stereocenters. The van der Waals surface area contributed by atoms with Gasteiger partial charge in [0.1, 0.15) is 5.69 Å². The first-order valence-corrected chi connectivity index (χ1v) is 7.76. The number of carbonyl (C=O) groups is 1. The first-order valence-electron chi connectivity index (χ1n) is 7.76. The van der Waals surface area contributed by atoms with Crippen LogP contribution in [-0.2, 0) is 6.54 Å². The van der Waals surface area contributed by atoms with E-state index in [1.165, 1.54) is 5.56 Å². The molecule has 114 valence electrons. The van der Waals surface area contributed by atoms with Crippen LogP contribution in [0.1, 0.15) is 28.9 Å². The molecule has 4 heterocycles. The van der Waals surface area contributed by atoms with Gasteiger partial charge in [-0.15, -0.1) is 0 Å². The van der Waals surface area contributed by atoms with Gasteiger partial charge in [0.25, 0.3) is 5.91 Å². The van der Waals surface area contributed by atoms with Crippen LogP contribution in [0.15, 0.2) is 36.8 Å². The summed E-state index contributed by atoms with van der Waals surface area (Å²) in [7, 11) is 0. The van der Waals surface area contributed by atoms with Crippen LogP contribution in [0.25, 0.3) is 0 Å². The first-order chi connectivity index (χ1) is 10.8. The van der Waals surface area contributed by atoms with Gasteiger partial charge in [0, 0.05) is 50.3 Å². The van der Waals surface area contributed by atoms with Crippen LogP contribution in [0, 0.1) is 0 Å². The minimum Gasteiger partial charge on any atom is -0.333 e. The second-order valence-electron chi connectivity index (χ2n) is 6.01. The zero-order valence-electron chi connectivity index (χ0n) is 12.4. The van der Waals surface area contributed by atoms with Gasteiger partial charge in [-0.2, -0.15) is 5.10 Å². The molecule has 6 heteroatoms. The molecule has 2 fully saturated rings. The number of amides is 1. The molecular formula is C16H19N5O. The van der Waals surface area contributed by atoms with Crippen LogP contribution < -0.4 is 0 Å². The standard InChI is InChI=1S/C16H19N5O/c22-16(13-3-7-18-19-13)21-9-5-14-15(21)4-8-20(14)11-12-2-1-6-17-10-12/h1-3,6-7,10,14-15H,4-5,8-9,11H2,(H,18,19)/t14-,15+/m0/s1. The Morgan fingerprint density at radius 1 is 1.23 bits per heavy atom. The van der Waals surface area contributed by atoms with Crippen molar-refractivity contribution in [2.24, 2.45) is 0 Å². The van der Waals surface area contributed by atoms with E-state index in [2.05, 4.69) is 26.1 Å². The van der Waals surface area contributed by atoms with Crippen molar-refractivity contribution in [3.05, 3.63) is 48.0 Å². The first kappa shape index (κ1) is 13.5. The zero-order chi connectivity index (χ0) is 14.9. The van der Waals surface area contributed by atoms with Gasteiger partial charge >= 0.3 is 0 Å². The molecule has 2 atom stereocenters. The molecule has 1 N–H and O–H groups in total. The Morgan fingerprint density at radius 2 is 2.14 bits per heavy atom. The maximum Gasteiger partial charge on any atom is 0.272 e. The largest absolute Gasteiger partial charge is 0.333 e. The molecule has 22 heavy (non-hydrogen) atoms. The number of pyridine rings is 1. The second-order valence-corrected chi connectivity index (χ2v) is 6.01. The lowest BCUT2D eigenvalue weighted by Crippen LogP contribution is -2.39. The van der Waals surface area contributed by atoms with E-state index in [1.54, 1.807) is 18.5 Å². The number of nitrogens with zero attached hydrogens (tertiary/aromatic N) is 4. The average molecular weight is 297 g/mol. The number of aromatic nitrogens is 3. The highest BCUT2D eigenvalue weighted by atomic mass is 16.2. The molecule has 6 nitrogen and oxygen atoms in total. The smallest absolute Gasteiger partial charge is 0.272 e. The summed E-state index contributed by atoms with van der Waals surface area (Å²) in [6, 6.07) is 6.63. The summed E-state index contributed by atoms with van der Waals surface area (Å²) in [6.07, 6.45) is 7.45. The van der Waals surface area contributed by atoms with Crippen molar-refractivity contribution in [2.45, 2.75) is 31.5 Å². The summed E-state index contributed by atoms with van der Waals surface area (Å²) in [5.74, 6) is 0.0771. The van der Waals surface area contributed by atoms with E-state index in [0.717, 1.165) is 32.5 Å². The van der Waals surface area contributed by atoms with Crippen LogP contribution in [0.5, 0.6) is 0 Å². The normalized spacial score (nSPS) is 24.6. The van der Waals surface area contributed by atoms with Crippen molar-refractivity contribution >= 4 is 5.91 Å². The molecule has 1 amide bonds. The van der Waals surface area contributed by atoms with Gasteiger partial charge in [0.15, 0.2) is 0 Å². The van der Waals surface area contributed by atoms with Crippen LogP contribution in [-0.4, -0.2) is 56.1 Å². The number of aromatic amines is 1. The Hall–Kier alpha value is -2.21. The van der Waals surface area contributed by atoms with Gasteiger partial charge in [-0.05, 0) is 30.5 Å². The predicted octanol–water partition coefficient (Wildman–Crippen LogP) is 1.29. The molecule has 2 aromatic rings. The number of hydrogen-bond donors (Lipinski definition) is 1. The molecule has 0 radical (unpaired) electrons. The van der Waals surface area contributed by atoms with Crippen LogP contribution in [0.4, 0.5) is 0 Å². The van der Waals surface area contributed by atoms with Crippen molar-refractivity contribution in [1.82, 2.24) is 25.0 Å². The number of nitrogens with one attached hydrogen (secondary N) is 1. The summed E-state index contributed by atoms with van der Waals surface area (Å²) in [6.45, 7) is 2.79. The van der Waals surface area contributed by atoms with Crippen molar-refractivity contribution in [1.29, 1.82) is 0 Å². The van der Waals surface area contributed by atoms with E-state index in [-0.39, 0.29) is 5.91 Å². The van der Waals surface area contributed by atoms with Gasteiger partial charge in [0.05, 0.1) is 0 Å². The van der Waals surface area contributed by atoms with E-state index in [1.807, 2.05) is 17.2 Å². The van der Waals surface area contributed by atoms with Crippen LogP contribution >= 0.6 is 0 Å². The molecule has 2 saturated heterocycles. The fraction of sp³-hybridized carbons (Fsp3) is 0.438. The summed E-state index contributed by atoms with van der Waals surface area (Å²) in [5, 5.41) is 6.66. The summed E-state index contributed by atoms with van der Waals surface area (Å²) in [4.78, 5) is 21.2. The van der Waals surface area contributed by atoms with Crippen molar-refractivity contribution in [3.63, 3.8) is 0 Å². The number of carbonyl (C=O) groups excluding carboxylic acids is 1. The van der Waals surface area contributed by atoms with Gasteiger partial charge in [-0.3, -0.25) is 19.8 Å². The Bertz CT molecular complexity index is 642. The second kappa shape index (κ2) is 5.53. The molecule has 4 rings (SSSR count). The summed E-state index contributed by atoms with van der Waals surface area (Å²) in [5.41, 5.74) is 1.83. The fourth-order valence-electron chi connectivity index (χ4n) is 3.78. The molecule has 0 spiro atoms. The number of hydrogen-bond acceptors (Lipinski definition) is 4. The van der Waals surface area contributed by atoms with E-state index < -0.39 is 0 Å². The Balaban J connectivity index is 1.46. The van der Waals surface area contributed by atoms with Crippen LogP contribution in [0.3, 0.4) is 0 Å². The monoisotopic (exact) mass is 297 g/mol. The molecule has 0 saturated carbocycles. The van der Waals surface area contributed by atoms with E-state index in [9.17, 15) is 4.79 Å². The Labute approximate surface area is 129 Å². The van der Waals surface area contributed by atoms with E-state index in [4.69, 9.17) is 0 Å². The third-order valence-corrected chi connectivity index (χ3v) is 4.79. The summed E-state index contributed by atoms with van der Waals surface area (Å²) >= 11 is 0. The lowest BCUT2D eigenvalue weighted by molar-refractivity contribution is 0.0726. The SMILES string of the molecule is O=C(c1ccn[nH]1)N1CC[C@H]2[C@H]1CCN2Cc1cccnc1. The predicted molar refractivity (Wildman–Crippen MR) is 81.1 cm³/mol. The highest BCUT2D eigenvalue weighted by Crippen LogP contribution is 2.33. The lowest BCUT2D eigenvalue weighted by atomic mass is 10.1. The van der Waals surface area contributed by atoms with Gasteiger partial charge in [0.2, 0.25) is 0 Å². The molecule has 0 aliphatic carbocycles. The van der Waals surface area contributed by atoms with Gasteiger partial charge in [-0.25, -0.2) is 0 Å². The Kier molecular flexibility index (Phi) is 3.38. The lowest BCUT2D eigenvalue weighted by Gasteiger charge is -2.25. The average Bonchev–Trinajstić information content (AvgIpc) is 3.26. The van der Waals surface area contributed by atoms with E-state index >= 15 is 0 Å². The number of fused-ring (bicyclic) bond motifs is 1. The topological polar surface area (TPSA) is 65.1 Å². The molecule has 2 aliphatic heterocycles. The maximum atomic E-state index is 12.5. The number of likely N-dealkylation sites (tertiary alicyclic amines) is 2. The Morgan fingerprint density at radius 3 is 2.91 bits per heavy atom. The fourth-order valence-corrected chi connectivity index (χ4v) is 3.78. The molecule has 0 bridgehead atoms. The molecule has 2 aliphatic rings. The number of rotatable bonds is 3. The zero-order valence-corrected chi connectivity index (χ0v) is 12.4. The molecular weight excluding hydrogens is 278 g/mol. The quantitative estimate of drug-likeness (QED) is 0.927. The highest BCUT2D eigenvalue weighted by molar-refractivity contribution is 5.92. The van der Waals surface area contributed by atoms with E-state index in [0.29, 0.717) is 17.8 Å². The van der Waals surface area contributed by atoms with Gasteiger partial charge in [-0.1, -0.05) is 6.07 Å². The van der Waals surface area contributed by atoms with Crippen LogP contribution in [0.2, 0.25) is 0 Å².